The van der Waals surface area contributed by atoms with E-state index in [1.165, 1.54) is 17.9 Å². The first-order valence-electron chi connectivity index (χ1n) is 12.1. The minimum absolute atomic E-state index is 0.0881. The Morgan fingerprint density at radius 3 is 2.40 bits per heavy atom. The lowest BCUT2D eigenvalue weighted by Crippen LogP contribution is -2.28. The second-order valence-electron chi connectivity index (χ2n) is 8.78. The van der Waals surface area contributed by atoms with Crippen molar-refractivity contribution >= 4 is 23.5 Å². The molecule has 1 amide bonds. The number of esters is 1. The smallest absolute Gasteiger partial charge is 0.410 e. The van der Waals surface area contributed by atoms with E-state index in [0.717, 1.165) is 24.3 Å². The summed E-state index contributed by atoms with van der Waals surface area (Å²) in [6.07, 6.45) is -3.44. The summed E-state index contributed by atoms with van der Waals surface area (Å²) in [6.45, 7) is 1.62. The van der Waals surface area contributed by atoms with Gasteiger partial charge >= 0.3 is 17.7 Å². The minimum Gasteiger partial charge on any atom is -0.496 e. The van der Waals surface area contributed by atoms with E-state index in [4.69, 9.17) is 9.47 Å². The maximum Gasteiger partial charge on any atom is 0.410 e. The van der Waals surface area contributed by atoms with Crippen LogP contribution >= 0.6 is 0 Å². The summed E-state index contributed by atoms with van der Waals surface area (Å²) >= 11 is 0. The van der Waals surface area contributed by atoms with Gasteiger partial charge in [-0.2, -0.15) is 4.39 Å². The quantitative estimate of drug-likeness (QED) is 0.117. The molecule has 1 heterocycles. The molecule has 0 saturated heterocycles. The highest BCUT2D eigenvalue weighted by Gasteiger charge is 2.38. The number of Topliss-reactive ketones (excluding diaryl/α,β-unsaturated/α-hetero) is 1. The van der Waals surface area contributed by atoms with Crippen molar-refractivity contribution < 1.29 is 42.3 Å². The maximum absolute atomic E-state index is 15.7. The molecule has 1 aliphatic heterocycles. The second-order valence-corrected chi connectivity index (χ2v) is 8.78. The van der Waals surface area contributed by atoms with Crippen LogP contribution < -0.4 is 4.74 Å². The van der Waals surface area contributed by atoms with Crippen molar-refractivity contribution in [1.29, 1.82) is 0 Å². The highest BCUT2D eigenvalue weighted by atomic mass is 19.1. The lowest BCUT2D eigenvalue weighted by molar-refractivity contribution is -0.387. The number of hydrogen-bond donors (Lipinski definition) is 0. The minimum atomic E-state index is -2.89. The zero-order chi connectivity index (χ0) is 29.0. The predicted molar refractivity (Wildman–Crippen MR) is 137 cm³/mol. The fourth-order valence-corrected chi connectivity index (χ4v) is 4.36. The molecular formula is C28H24F2N2O8. The van der Waals surface area contributed by atoms with E-state index in [-0.39, 0.29) is 43.2 Å². The number of rotatable bonds is 9. The highest BCUT2D eigenvalue weighted by molar-refractivity contribution is 6.13. The Kier molecular flexibility index (Phi) is 8.37. The Balaban J connectivity index is 1.64. The fraction of sp³-hybridized carbons (Fsp3) is 0.250. The number of carbonyl (C=O) groups is 3. The van der Waals surface area contributed by atoms with Crippen LogP contribution in [0.5, 0.6) is 5.75 Å². The number of nitrogens with zero attached hydrogens (tertiary/aromatic N) is 2. The van der Waals surface area contributed by atoms with E-state index in [2.05, 4.69) is 4.74 Å². The molecule has 12 heteroatoms. The molecule has 1 aliphatic rings. The number of amides is 1. The molecule has 0 bridgehead atoms. The van der Waals surface area contributed by atoms with Gasteiger partial charge in [-0.1, -0.05) is 42.5 Å². The van der Waals surface area contributed by atoms with Crippen LogP contribution in [0.15, 0.2) is 54.6 Å². The monoisotopic (exact) mass is 554 g/mol. The Hall–Kier alpha value is -4.87. The molecule has 3 aromatic carbocycles. The van der Waals surface area contributed by atoms with Crippen molar-refractivity contribution in [2.45, 2.75) is 32.8 Å². The van der Waals surface area contributed by atoms with E-state index < -0.39 is 46.0 Å². The number of ether oxygens (including phenoxy) is 3. The molecule has 1 atom stereocenters. The van der Waals surface area contributed by atoms with Gasteiger partial charge in [0.1, 0.15) is 17.9 Å². The molecular weight excluding hydrogens is 530 g/mol. The van der Waals surface area contributed by atoms with E-state index in [9.17, 15) is 28.9 Å². The molecule has 1 unspecified atom stereocenters. The third kappa shape index (κ3) is 5.60. The van der Waals surface area contributed by atoms with Crippen LogP contribution in [-0.2, 0) is 34.0 Å². The number of benzene rings is 3. The zero-order valence-corrected chi connectivity index (χ0v) is 21.5. The first-order valence-corrected chi connectivity index (χ1v) is 12.1. The molecule has 40 heavy (non-hydrogen) atoms. The first kappa shape index (κ1) is 28.1. The van der Waals surface area contributed by atoms with Gasteiger partial charge in [-0.25, -0.2) is 14.0 Å². The summed E-state index contributed by atoms with van der Waals surface area (Å²) in [7, 11) is 1.15. The van der Waals surface area contributed by atoms with Gasteiger partial charge < -0.3 is 14.2 Å². The van der Waals surface area contributed by atoms with E-state index in [1.807, 2.05) is 30.3 Å². The zero-order valence-electron chi connectivity index (χ0n) is 21.5. The van der Waals surface area contributed by atoms with E-state index >= 15 is 4.39 Å². The molecule has 10 nitrogen and oxygen atoms in total. The van der Waals surface area contributed by atoms with Crippen LogP contribution in [0.1, 0.15) is 34.0 Å². The number of fused-ring (bicyclic) bond motifs is 1. The molecule has 0 spiro atoms. The molecule has 0 saturated carbocycles. The van der Waals surface area contributed by atoms with Gasteiger partial charge in [0.2, 0.25) is 11.6 Å². The summed E-state index contributed by atoms with van der Waals surface area (Å²) in [5.74, 6) is -4.91. The van der Waals surface area contributed by atoms with Gasteiger partial charge in [0.25, 0.3) is 6.17 Å². The number of methoxy groups -OCH3 is 1. The third-order valence-electron chi connectivity index (χ3n) is 6.28. The van der Waals surface area contributed by atoms with Crippen molar-refractivity contribution in [3.05, 3.63) is 92.8 Å². The second kappa shape index (κ2) is 11.9. The summed E-state index contributed by atoms with van der Waals surface area (Å²) in [4.78, 5) is 49.0. The average molecular weight is 555 g/mol. The lowest BCUT2D eigenvalue weighted by atomic mass is 9.95. The van der Waals surface area contributed by atoms with Gasteiger partial charge in [-0.3, -0.25) is 19.8 Å². The highest BCUT2D eigenvalue weighted by Crippen LogP contribution is 2.41. The van der Waals surface area contributed by atoms with Crippen LogP contribution in [0.2, 0.25) is 0 Å². The predicted octanol–water partition coefficient (Wildman–Crippen LogP) is 5.15. The molecule has 4 rings (SSSR count). The molecule has 0 aromatic heterocycles. The Morgan fingerprint density at radius 1 is 1.05 bits per heavy atom. The number of carbonyl (C=O) groups excluding carboxylic acids is 3. The van der Waals surface area contributed by atoms with Gasteiger partial charge in [-0.15, -0.1) is 0 Å². The lowest BCUT2D eigenvalue weighted by Gasteiger charge is -2.15. The van der Waals surface area contributed by atoms with Crippen molar-refractivity contribution in [2.75, 3.05) is 13.7 Å². The van der Waals surface area contributed by atoms with Crippen molar-refractivity contribution in [1.82, 2.24) is 4.90 Å². The Morgan fingerprint density at radius 2 is 1.75 bits per heavy atom. The van der Waals surface area contributed by atoms with Crippen molar-refractivity contribution in [3.63, 3.8) is 0 Å². The van der Waals surface area contributed by atoms with Crippen LogP contribution in [0.3, 0.4) is 0 Å². The van der Waals surface area contributed by atoms with Crippen LogP contribution in [0.4, 0.5) is 19.3 Å². The van der Waals surface area contributed by atoms with Crippen molar-refractivity contribution in [3.8, 4) is 16.9 Å². The SMILES string of the molecule is CCOC(=O)C(F)C(=O)c1cc(OC)c(-c2ccc3c(c2)CN(C(=O)OCc2ccccc2)C3)c(F)c1[N+](=O)[O-]. The molecule has 0 aliphatic carbocycles. The molecule has 3 aromatic rings. The van der Waals surface area contributed by atoms with Gasteiger partial charge in [-0.05, 0) is 41.3 Å². The van der Waals surface area contributed by atoms with Crippen LogP contribution in [0, 0.1) is 15.9 Å². The number of halogens is 2. The third-order valence-corrected chi connectivity index (χ3v) is 6.28. The number of ketones is 1. The first-order chi connectivity index (χ1) is 19.2. The number of hydrogen-bond acceptors (Lipinski definition) is 8. The average Bonchev–Trinajstić information content (AvgIpc) is 3.38. The molecule has 0 fully saturated rings. The summed E-state index contributed by atoms with van der Waals surface area (Å²) < 4.78 is 45.2. The normalized spacial score (nSPS) is 12.8. The maximum atomic E-state index is 15.7. The van der Waals surface area contributed by atoms with Crippen LogP contribution in [0.25, 0.3) is 11.1 Å². The molecule has 0 N–H and O–H groups in total. The van der Waals surface area contributed by atoms with Gasteiger partial charge in [0, 0.05) is 13.1 Å². The summed E-state index contributed by atoms with van der Waals surface area (Å²) in [5.41, 5.74) is -0.235. The number of nitro groups is 1. The van der Waals surface area contributed by atoms with Gasteiger partial charge in [0.15, 0.2) is 0 Å². The molecule has 0 radical (unpaired) electrons. The van der Waals surface area contributed by atoms with Crippen LogP contribution in [-0.4, -0.2) is 47.6 Å². The standard InChI is InChI=1S/C28H24F2N2O8/c1-3-39-27(34)24(30)26(33)20-12-21(38-2)22(23(29)25(20)32(36)37)17-9-10-18-13-31(14-19(18)11-17)28(35)40-15-16-7-5-4-6-8-16/h4-12,24H,3,13-15H2,1-2H3. The topological polar surface area (TPSA) is 125 Å². The summed E-state index contributed by atoms with van der Waals surface area (Å²) in [5, 5.41) is 11.8. The molecule has 208 valence electrons. The summed E-state index contributed by atoms with van der Waals surface area (Å²) in [6, 6.07) is 14.6. The largest absolute Gasteiger partial charge is 0.496 e. The van der Waals surface area contributed by atoms with E-state index in [1.54, 1.807) is 12.1 Å². The Labute approximate surface area is 227 Å². The number of alkyl halides is 1. The fourth-order valence-electron chi connectivity index (χ4n) is 4.36. The van der Waals surface area contributed by atoms with Gasteiger partial charge in [0.05, 0.1) is 24.2 Å². The van der Waals surface area contributed by atoms with Crippen molar-refractivity contribution in [2.24, 2.45) is 0 Å². The Bertz CT molecular complexity index is 1480. The van der Waals surface area contributed by atoms with E-state index in [0.29, 0.717) is 5.56 Å². The number of nitro benzene ring substituents is 1.